The molecule has 1 aromatic carbocycles. The van der Waals surface area contributed by atoms with Gasteiger partial charge in [0.15, 0.2) is 0 Å². The van der Waals surface area contributed by atoms with E-state index in [4.69, 9.17) is 4.74 Å². The number of ether oxygens (including phenoxy) is 1. The van der Waals surface area contributed by atoms with Gasteiger partial charge in [-0.2, -0.15) is 8.78 Å². The molecule has 0 unspecified atom stereocenters. The zero-order valence-electron chi connectivity index (χ0n) is 27.2. The van der Waals surface area contributed by atoms with Crippen molar-refractivity contribution in [3.05, 3.63) is 29.1 Å². The van der Waals surface area contributed by atoms with Gasteiger partial charge in [-0.25, -0.2) is 13.2 Å². The van der Waals surface area contributed by atoms with Crippen LogP contribution in [0.1, 0.15) is 181 Å². The first-order valence-corrected chi connectivity index (χ1v) is 17.6. The highest BCUT2D eigenvalue weighted by Crippen LogP contribution is 2.31. The third kappa shape index (κ3) is 17.4. The molecule has 0 spiro atoms. The van der Waals surface area contributed by atoms with Gasteiger partial charge in [0.25, 0.3) is 0 Å². The molecule has 43 heavy (non-hydrogen) atoms. The van der Waals surface area contributed by atoms with Crippen LogP contribution in [0.3, 0.4) is 0 Å². The van der Waals surface area contributed by atoms with Crippen molar-refractivity contribution in [2.24, 2.45) is 5.92 Å². The summed E-state index contributed by atoms with van der Waals surface area (Å²) >= 11 is 0. The van der Waals surface area contributed by atoms with E-state index >= 15 is 0 Å². The van der Waals surface area contributed by atoms with Crippen LogP contribution in [-0.4, -0.2) is 5.97 Å². The lowest BCUT2D eigenvalue weighted by Crippen LogP contribution is -2.22. The van der Waals surface area contributed by atoms with Crippen molar-refractivity contribution in [2.75, 3.05) is 0 Å². The number of hydrogen-bond donors (Lipinski definition) is 0. The molecule has 0 heterocycles. The van der Waals surface area contributed by atoms with E-state index in [1.165, 1.54) is 103 Å². The summed E-state index contributed by atoms with van der Waals surface area (Å²) in [6.45, 7) is 4.44. The van der Waals surface area contributed by atoms with Crippen molar-refractivity contribution >= 4 is 5.97 Å². The summed E-state index contributed by atoms with van der Waals surface area (Å²) < 4.78 is 73.8. The average Bonchev–Trinajstić information content (AvgIpc) is 3.01. The molecule has 0 atom stereocenters. The van der Waals surface area contributed by atoms with Gasteiger partial charge in [0.1, 0.15) is 0 Å². The maximum absolute atomic E-state index is 14.1. The van der Waals surface area contributed by atoms with Gasteiger partial charge in [-0.3, -0.25) is 4.79 Å². The van der Waals surface area contributed by atoms with E-state index in [9.17, 15) is 26.7 Å². The van der Waals surface area contributed by atoms with Crippen molar-refractivity contribution in [2.45, 2.75) is 181 Å². The number of hydrogen-bond acceptors (Lipinski definition) is 2. The fourth-order valence-corrected chi connectivity index (χ4v) is 5.70. The summed E-state index contributed by atoms with van der Waals surface area (Å²) in [5.74, 6) is -13.8. The molecule has 0 aliphatic carbocycles. The second-order valence-corrected chi connectivity index (χ2v) is 12.4. The van der Waals surface area contributed by atoms with Gasteiger partial charge in [-0.1, -0.05) is 168 Å². The molecule has 0 saturated carbocycles. The molecule has 2 nitrogen and oxygen atoms in total. The summed E-state index contributed by atoms with van der Waals surface area (Å²) in [5.41, 5.74) is 0. The molecule has 0 N–H and O–H groups in total. The largest absolute Gasteiger partial charge is 0.420 e. The Hall–Kier alpha value is -1.66. The van der Waals surface area contributed by atoms with E-state index in [1.54, 1.807) is 0 Å². The topological polar surface area (TPSA) is 26.3 Å². The Morgan fingerprint density at radius 3 is 1.00 bits per heavy atom. The van der Waals surface area contributed by atoms with Crippen molar-refractivity contribution in [3.8, 4) is 5.75 Å². The minimum atomic E-state index is -2.26. The highest BCUT2D eigenvalue weighted by Gasteiger charge is 2.30. The predicted molar refractivity (Wildman–Crippen MR) is 167 cm³/mol. The second kappa shape index (κ2) is 25.6. The maximum atomic E-state index is 14.1. The van der Waals surface area contributed by atoms with Crippen LogP contribution >= 0.6 is 0 Å². The molecule has 0 aromatic heterocycles. The normalized spacial score (nSPS) is 11.5. The van der Waals surface area contributed by atoms with Crippen molar-refractivity contribution in [1.29, 1.82) is 0 Å². The average molecular weight is 619 g/mol. The molecule has 1 aromatic rings. The van der Waals surface area contributed by atoms with Gasteiger partial charge in [-0.15, -0.1) is 0 Å². The van der Waals surface area contributed by atoms with Crippen LogP contribution < -0.4 is 4.74 Å². The molecule has 250 valence electrons. The molecular formula is C36H59F5O2. The predicted octanol–water partition coefficient (Wildman–Crippen LogP) is 13.1. The van der Waals surface area contributed by atoms with Crippen LogP contribution in [0, 0.1) is 35.0 Å². The summed E-state index contributed by atoms with van der Waals surface area (Å²) in [4.78, 5) is 12.9. The van der Waals surface area contributed by atoms with Gasteiger partial charge in [0.2, 0.25) is 34.8 Å². The van der Waals surface area contributed by atoms with Crippen LogP contribution in [0.2, 0.25) is 0 Å². The minimum Gasteiger partial charge on any atom is -0.420 e. The summed E-state index contributed by atoms with van der Waals surface area (Å²) in [5, 5.41) is 0. The first-order valence-electron chi connectivity index (χ1n) is 17.6. The number of halogens is 5. The number of carbonyl (C=O) groups excluding carboxylic acids is 1. The summed E-state index contributed by atoms with van der Waals surface area (Å²) in [7, 11) is 0. The number of carbonyl (C=O) groups is 1. The van der Waals surface area contributed by atoms with E-state index in [2.05, 4.69) is 13.8 Å². The molecule has 0 amide bonds. The van der Waals surface area contributed by atoms with E-state index in [1.807, 2.05) is 0 Å². The van der Waals surface area contributed by atoms with Gasteiger partial charge in [0, 0.05) is 0 Å². The van der Waals surface area contributed by atoms with Crippen LogP contribution in [0.5, 0.6) is 5.75 Å². The van der Waals surface area contributed by atoms with Crippen LogP contribution in [0.25, 0.3) is 0 Å². The van der Waals surface area contributed by atoms with E-state index in [0.29, 0.717) is 12.8 Å². The molecular weight excluding hydrogens is 559 g/mol. The first-order chi connectivity index (χ1) is 20.8. The maximum Gasteiger partial charge on any atom is 0.314 e. The highest BCUT2D eigenvalue weighted by atomic mass is 19.2. The Balaban J connectivity index is 2.46. The zero-order chi connectivity index (χ0) is 31.7. The number of esters is 1. The van der Waals surface area contributed by atoms with Crippen LogP contribution in [-0.2, 0) is 4.79 Å². The first kappa shape index (κ1) is 39.4. The number of benzene rings is 1. The summed E-state index contributed by atoms with van der Waals surface area (Å²) in [6, 6.07) is 0. The van der Waals surface area contributed by atoms with Gasteiger partial charge < -0.3 is 4.74 Å². The fourth-order valence-electron chi connectivity index (χ4n) is 5.70. The molecule has 0 bridgehead atoms. The van der Waals surface area contributed by atoms with Crippen LogP contribution in [0.15, 0.2) is 0 Å². The Labute approximate surface area is 258 Å². The van der Waals surface area contributed by atoms with E-state index < -0.39 is 46.7 Å². The SMILES string of the molecule is CCCCCCCCCCCCCCC(CCCCCCCCCCCCCC)C(=O)Oc1c(F)c(F)c(F)c(F)c1F. The molecule has 0 saturated heterocycles. The Morgan fingerprint density at radius 2 is 0.698 bits per heavy atom. The molecule has 7 heteroatoms. The van der Waals surface area contributed by atoms with E-state index in [0.717, 1.165) is 51.4 Å². The standard InChI is InChI=1S/C36H59F5O2/c1-3-5-7-9-11-13-15-17-19-21-23-25-27-29(28-26-24-22-20-18-16-14-12-10-8-6-4-2)36(42)43-35-33(40)31(38)30(37)32(39)34(35)41/h29H,3-28H2,1-2H3. The lowest BCUT2D eigenvalue weighted by Gasteiger charge is -2.17. The van der Waals surface area contributed by atoms with Crippen molar-refractivity contribution in [3.63, 3.8) is 0 Å². The zero-order valence-corrected chi connectivity index (χ0v) is 27.2. The van der Waals surface area contributed by atoms with Crippen molar-refractivity contribution in [1.82, 2.24) is 0 Å². The van der Waals surface area contributed by atoms with Gasteiger partial charge in [-0.05, 0) is 12.8 Å². The Morgan fingerprint density at radius 1 is 0.442 bits per heavy atom. The molecule has 0 aliphatic rings. The number of rotatable bonds is 28. The monoisotopic (exact) mass is 618 g/mol. The molecule has 0 aliphatic heterocycles. The fraction of sp³-hybridized carbons (Fsp3) is 0.806. The lowest BCUT2D eigenvalue weighted by atomic mass is 9.94. The smallest absolute Gasteiger partial charge is 0.314 e. The Kier molecular flexibility index (Phi) is 23.5. The summed E-state index contributed by atoms with van der Waals surface area (Å²) in [6.07, 6.45) is 29.1. The van der Waals surface area contributed by atoms with E-state index in [-0.39, 0.29) is 0 Å². The number of unbranched alkanes of at least 4 members (excludes halogenated alkanes) is 22. The third-order valence-corrected chi connectivity index (χ3v) is 8.52. The quantitative estimate of drug-likeness (QED) is 0.0233. The second-order valence-electron chi connectivity index (χ2n) is 12.4. The minimum absolute atomic E-state index is 0.476. The van der Waals surface area contributed by atoms with Gasteiger partial charge in [0.05, 0.1) is 5.92 Å². The third-order valence-electron chi connectivity index (χ3n) is 8.52. The van der Waals surface area contributed by atoms with Crippen LogP contribution in [0.4, 0.5) is 22.0 Å². The highest BCUT2D eigenvalue weighted by molar-refractivity contribution is 5.75. The molecule has 1 rings (SSSR count). The van der Waals surface area contributed by atoms with Gasteiger partial charge >= 0.3 is 5.97 Å². The lowest BCUT2D eigenvalue weighted by molar-refractivity contribution is -0.140. The van der Waals surface area contributed by atoms with Crippen molar-refractivity contribution < 1.29 is 31.5 Å². The Bertz CT molecular complexity index is 804. The molecule has 0 fully saturated rings. The molecule has 0 radical (unpaired) electrons.